The number of rotatable bonds is 10. The minimum Gasteiger partial charge on any atom is -0.305 e. The van der Waals surface area contributed by atoms with Gasteiger partial charge < -0.3 is 4.57 Å². The summed E-state index contributed by atoms with van der Waals surface area (Å²) in [4.78, 5) is 25.3. The van der Waals surface area contributed by atoms with E-state index in [9.17, 15) is 9.59 Å². The Hall–Kier alpha value is -3.66. The number of hydrogen-bond acceptors (Lipinski definition) is 8. The zero-order chi connectivity index (χ0) is 23.2. The highest BCUT2D eigenvalue weighted by Gasteiger charge is 2.15. The summed E-state index contributed by atoms with van der Waals surface area (Å²) in [6.07, 6.45) is 0.309. The van der Waals surface area contributed by atoms with Crippen LogP contribution in [0.2, 0.25) is 0 Å². The summed E-state index contributed by atoms with van der Waals surface area (Å²) in [5.41, 5.74) is 2.42. The molecule has 0 spiro atoms. The summed E-state index contributed by atoms with van der Waals surface area (Å²) in [6, 6.07) is 16.8. The Balaban J connectivity index is 1.37. The smallest absolute Gasteiger partial charge is 0.204 e. The maximum Gasteiger partial charge on any atom is 0.204 e. The van der Waals surface area contributed by atoms with E-state index in [4.69, 9.17) is 0 Å². The van der Waals surface area contributed by atoms with Crippen molar-refractivity contribution in [2.75, 3.05) is 5.75 Å². The Morgan fingerprint density at radius 1 is 0.970 bits per heavy atom. The van der Waals surface area contributed by atoms with Gasteiger partial charge in [0.1, 0.15) is 12.3 Å². The third-order valence-electron chi connectivity index (χ3n) is 5.00. The van der Waals surface area contributed by atoms with Crippen LogP contribution in [0.1, 0.15) is 35.6 Å². The van der Waals surface area contributed by atoms with Crippen molar-refractivity contribution < 1.29 is 9.59 Å². The second kappa shape index (κ2) is 10.3. The molecule has 4 rings (SSSR count). The predicted octanol–water partition coefficient (Wildman–Crippen LogP) is 3.11. The minimum atomic E-state index is 0.00974. The molecule has 168 valence electrons. The highest BCUT2D eigenvalue weighted by molar-refractivity contribution is 7.99. The molecule has 0 fully saturated rings. The van der Waals surface area contributed by atoms with Crippen LogP contribution in [0, 0.1) is 0 Å². The summed E-state index contributed by atoms with van der Waals surface area (Å²) in [5, 5.41) is 21.9. The molecule has 33 heavy (non-hydrogen) atoms. The van der Waals surface area contributed by atoms with Crippen LogP contribution >= 0.6 is 11.8 Å². The molecule has 9 nitrogen and oxygen atoms in total. The fourth-order valence-corrected chi connectivity index (χ4v) is 4.16. The van der Waals surface area contributed by atoms with Crippen molar-refractivity contribution in [2.45, 2.75) is 38.5 Å². The van der Waals surface area contributed by atoms with Crippen molar-refractivity contribution in [3.05, 3.63) is 71.5 Å². The first kappa shape index (κ1) is 22.5. The lowest BCUT2D eigenvalue weighted by Gasteiger charge is -2.07. The first-order valence-corrected chi connectivity index (χ1v) is 11.5. The van der Waals surface area contributed by atoms with Crippen LogP contribution in [0.3, 0.4) is 0 Å². The van der Waals surface area contributed by atoms with Gasteiger partial charge in [0.25, 0.3) is 0 Å². The fourth-order valence-electron chi connectivity index (χ4n) is 3.28. The molecule has 4 aromatic rings. The fraction of sp³-hybridized carbons (Fsp3) is 0.261. The SMILES string of the molecule is CCn1c(Cn2nnc(-c3ccccc3)n2)nnc1SCC(=O)Cc1ccc(C(C)=O)cc1. The molecule has 0 radical (unpaired) electrons. The average Bonchev–Trinajstić information content (AvgIpc) is 3.45. The number of tetrazole rings is 1. The second-order valence-corrected chi connectivity index (χ2v) is 8.35. The minimum absolute atomic E-state index is 0.00974. The van der Waals surface area contributed by atoms with Gasteiger partial charge in [-0.05, 0) is 24.6 Å². The zero-order valence-electron chi connectivity index (χ0n) is 18.4. The molecule has 0 aliphatic heterocycles. The predicted molar refractivity (Wildman–Crippen MR) is 124 cm³/mol. The average molecular weight is 462 g/mol. The van der Waals surface area contributed by atoms with Crippen LogP contribution in [0.4, 0.5) is 0 Å². The Labute approximate surface area is 195 Å². The van der Waals surface area contributed by atoms with Crippen molar-refractivity contribution in [2.24, 2.45) is 0 Å². The number of ketones is 2. The number of hydrogen-bond donors (Lipinski definition) is 0. The third kappa shape index (κ3) is 5.58. The maximum absolute atomic E-state index is 12.5. The van der Waals surface area contributed by atoms with Crippen molar-refractivity contribution in [3.63, 3.8) is 0 Å². The summed E-state index contributed by atoms with van der Waals surface area (Å²) < 4.78 is 1.95. The molecule has 2 aromatic heterocycles. The van der Waals surface area contributed by atoms with E-state index in [0.717, 1.165) is 11.1 Å². The van der Waals surface area contributed by atoms with Crippen LogP contribution in [0.25, 0.3) is 11.4 Å². The van der Waals surface area contributed by atoms with E-state index >= 15 is 0 Å². The third-order valence-corrected chi connectivity index (χ3v) is 6.03. The van der Waals surface area contributed by atoms with E-state index in [1.165, 1.54) is 23.5 Å². The molecule has 0 aliphatic carbocycles. The highest BCUT2D eigenvalue weighted by atomic mass is 32.2. The van der Waals surface area contributed by atoms with E-state index < -0.39 is 0 Å². The number of benzene rings is 2. The van der Waals surface area contributed by atoms with Gasteiger partial charge in [-0.1, -0.05) is 66.4 Å². The largest absolute Gasteiger partial charge is 0.305 e. The Kier molecular flexibility index (Phi) is 7.04. The molecule has 0 bridgehead atoms. The van der Waals surface area contributed by atoms with E-state index in [0.29, 0.717) is 41.9 Å². The monoisotopic (exact) mass is 461 g/mol. The molecule has 2 aromatic carbocycles. The number of Topliss-reactive ketones (excluding diaryl/α,β-unsaturated/α-hetero) is 2. The molecule has 0 saturated heterocycles. The van der Waals surface area contributed by atoms with Gasteiger partial charge in [-0.15, -0.1) is 20.4 Å². The van der Waals surface area contributed by atoms with Crippen LogP contribution in [-0.2, 0) is 24.3 Å². The Bertz CT molecular complexity index is 1250. The van der Waals surface area contributed by atoms with Crippen LogP contribution in [0.5, 0.6) is 0 Å². The van der Waals surface area contributed by atoms with Gasteiger partial charge in [-0.2, -0.15) is 4.80 Å². The molecule has 0 unspecified atom stereocenters. The van der Waals surface area contributed by atoms with Gasteiger partial charge in [-0.3, -0.25) is 9.59 Å². The number of carbonyl (C=O) groups excluding carboxylic acids is 2. The lowest BCUT2D eigenvalue weighted by molar-refractivity contribution is -0.116. The molecular formula is C23H23N7O2S. The molecular weight excluding hydrogens is 438 g/mol. The summed E-state index contributed by atoms with van der Waals surface area (Å²) in [7, 11) is 0. The lowest BCUT2D eigenvalue weighted by atomic mass is 10.1. The van der Waals surface area contributed by atoms with Gasteiger partial charge in [0, 0.05) is 24.1 Å². The van der Waals surface area contributed by atoms with Crippen molar-refractivity contribution >= 4 is 23.3 Å². The van der Waals surface area contributed by atoms with Gasteiger partial charge in [-0.25, -0.2) is 0 Å². The van der Waals surface area contributed by atoms with Crippen molar-refractivity contribution in [3.8, 4) is 11.4 Å². The topological polar surface area (TPSA) is 108 Å². The summed E-state index contributed by atoms with van der Waals surface area (Å²) >= 11 is 1.36. The number of nitrogens with zero attached hydrogens (tertiary/aromatic N) is 7. The van der Waals surface area contributed by atoms with Gasteiger partial charge in [0.05, 0.1) is 5.75 Å². The highest BCUT2D eigenvalue weighted by Crippen LogP contribution is 2.19. The first-order valence-electron chi connectivity index (χ1n) is 10.5. The van der Waals surface area contributed by atoms with Gasteiger partial charge in [0.2, 0.25) is 5.82 Å². The van der Waals surface area contributed by atoms with Crippen LogP contribution in [0.15, 0.2) is 59.8 Å². The van der Waals surface area contributed by atoms with Gasteiger partial charge >= 0.3 is 0 Å². The molecule has 0 saturated carbocycles. The van der Waals surface area contributed by atoms with Gasteiger partial charge in [0.15, 0.2) is 16.8 Å². The summed E-state index contributed by atoms with van der Waals surface area (Å²) in [6.45, 7) is 4.51. The second-order valence-electron chi connectivity index (χ2n) is 7.41. The normalized spacial score (nSPS) is 11.0. The molecule has 0 aliphatic rings. The van der Waals surface area contributed by atoms with E-state index in [1.54, 1.807) is 12.1 Å². The standard InChI is InChI=1S/C23H23N7O2S/c1-3-29-21(14-30-27-22(25-28-30)19-7-5-4-6-8-19)24-26-23(29)33-15-20(32)13-17-9-11-18(12-10-17)16(2)31/h4-12H,3,13-15H2,1-2H3. The molecule has 10 heteroatoms. The zero-order valence-corrected chi connectivity index (χ0v) is 19.2. The quantitative estimate of drug-likeness (QED) is 0.262. The van der Waals surface area contributed by atoms with E-state index in [1.807, 2.05) is 54.0 Å². The maximum atomic E-state index is 12.5. The van der Waals surface area contributed by atoms with E-state index in [-0.39, 0.29) is 17.3 Å². The first-order chi connectivity index (χ1) is 16.0. The lowest BCUT2D eigenvalue weighted by Crippen LogP contribution is -2.12. The van der Waals surface area contributed by atoms with E-state index in [2.05, 4.69) is 25.6 Å². The Morgan fingerprint density at radius 2 is 1.73 bits per heavy atom. The van der Waals surface area contributed by atoms with Crippen molar-refractivity contribution in [1.82, 2.24) is 35.0 Å². The Morgan fingerprint density at radius 3 is 2.42 bits per heavy atom. The summed E-state index contributed by atoms with van der Waals surface area (Å²) in [5.74, 6) is 1.62. The number of aromatic nitrogens is 7. The molecule has 2 heterocycles. The number of thioether (sulfide) groups is 1. The van der Waals surface area contributed by atoms with Crippen molar-refractivity contribution in [1.29, 1.82) is 0 Å². The molecule has 0 N–H and O–H groups in total. The molecule has 0 atom stereocenters. The number of carbonyl (C=O) groups is 2. The van der Waals surface area contributed by atoms with Crippen LogP contribution in [-0.4, -0.2) is 52.3 Å². The van der Waals surface area contributed by atoms with Crippen LogP contribution < -0.4 is 0 Å². The molecule has 0 amide bonds.